The average molecular weight is 372 g/mol. The molecule has 2 rings (SSSR count). The Morgan fingerprint density at radius 2 is 1.74 bits per heavy atom. The minimum absolute atomic E-state index is 0.0283. The zero-order valence-corrected chi connectivity index (χ0v) is 15.9. The van der Waals surface area contributed by atoms with Crippen LogP contribution in [-0.2, 0) is 0 Å². The molecule has 27 heavy (non-hydrogen) atoms. The molecule has 1 aliphatic rings. The highest BCUT2D eigenvalue weighted by Crippen LogP contribution is 2.22. The molecule has 1 fully saturated rings. The van der Waals surface area contributed by atoms with E-state index < -0.39 is 17.6 Å². The maximum absolute atomic E-state index is 12.8. The predicted molar refractivity (Wildman–Crippen MR) is 103 cm³/mol. The molecule has 0 spiro atoms. The number of aromatic nitrogens is 2. The number of nitrogens with zero attached hydrogens (tertiary/aromatic N) is 3. The van der Waals surface area contributed by atoms with Crippen LogP contribution < -0.4 is 5.32 Å². The van der Waals surface area contributed by atoms with E-state index in [1.807, 2.05) is 0 Å². The zero-order valence-electron chi connectivity index (χ0n) is 15.9. The van der Waals surface area contributed by atoms with Gasteiger partial charge in [-0.3, -0.25) is 9.59 Å². The third-order valence-corrected chi connectivity index (χ3v) is 4.91. The number of rotatable bonds is 8. The van der Waals surface area contributed by atoms with Gasteiger partial charge in [0.15, 0.2) is 11.4 Å². The van der Waals surface area contributed by atoms with Gasteiger partial charge in [0.1, 0.15) is 0 Å². The Labute approximate surface area is 160 Å². The molecule has 1 aromatic heterocycles. The highest BCUT2D eigenvalue weighted by molar-refractivity contribution is 6.04. The van der Waals surface area contributed by atoms with Crippen LogP contribution in [0.15, 0.2) is 37.7 Å². The molecule has 1 saturated heterocycles. The van der Waals surface area contributed by atoms with Crippen LogP contribution in [0.1, 0.15) is 60.0 Å². The number of carbonyl (C=O) groups is 2. The van der Waals surface area contributed by atoms with Gasteiger partial charge in [-0.2, -0.15) is 0 Å². The van der Waals surface area contributed by atoms with E-state index in [0.717, 1.165) is 19.3 Å². The summed E-state index contributed by atoms with van der Waals surface area (Å²) in [6, 6.07) is -0.596. The van der Waals surface area contributed by atoms with Crippen LogP contribution in [-0.4, -0.2) is 56.5 Å². The first-order valence-electron chi connectivity index (χ1n) is 9.28. The number of hydrogen-bond acceptors (Lipinski definition) is 5. The second-order valence-electron chi connectivity index (χ2n) is 6.89. The van der Waals surface area contributed by atoms with E-state index in [1.165, 1.54) is 12.4 Å². The Morgan fingerprint density at radius 1 is 1.19 bits per heavy atom. The van der Waals surface area contributed by atoms with Gasteiger partial charge in [-0.1, -0.05) is 12.2 Å². The second-order valence-corrected chi connectivity index (χ2v) is 6.89. The summed E-state index contributed by atoms with van der Waals surface area (Å²) in [7, 11) is 0. The molecular weight excluding hydrogens is 344 g/mol. The lowest BCUT2D eigenvalue weighted by molar-refractivity contribution is 0.0126. The second kappa shape index (κ2) is 9.41. The van der Waals surface area contributed by atoms with Crippen molar-refractivity contribution in [2.75, 3.05) is 13.1 Å². The topological polar surface area (TPSA) is 95.4 Å². The number of piperidine rings is 1. The highest BCUT2D eigenvalue weighted by Gasteiger charge is 2.34. The molecule has 0 aliphatic carbocycles. The Bertz CT molecular complexity index is 688. The standard InChI is InChI=1S/C20H28N4O3/c1-4-9-20(27,10-5-2)15(3)23-18(25)16-17(22-12-11-21-16)19(26)24-13-7-6-8-14-24/h4-5,11-12,15,27H,1-2,6-10,13-14H2,3H3,(H,23,25)/t15-/m0/s1. The maximum atomic E-state index is 12.8. The van der Waals surface area contributed by atoms with Crippen molar-refractivity contribution in [2.45, 2.75) is 50.7 Å². The molecule has 0 aromatic carbocycles. The molecule has 0 radical (unpaired) electrons. The van der Waals surface area contributed by atoms with Gasteiger partial charge in [0.2, 0.25) is 0 Å². The number of aliphatic hydroxyl groups is 1. The highest BCUT2D eigenvalue weighted by atomic mass is 16.3. The molecule has 0 bridgehead atoms. The fourth-order valence-corrected chi connectivity index (χ4v) is 3.24. The van der Waals surface area contributed by atoms with Gasteiger partial charge in [0.25, 0.3) is 11.8 Å². The molecule has 7 nitrogen and oxygen atoms in total. The Hall–Kier alpha value is -2.54. The molecule has 146 valence electrons. The van der Waals surface area contributed by atoms with E-state index >= 15 is 0 Å². The normalized spacial score (nSPS) is 15.7. The first kappa shape index (κ1) is 20.8. The molecule has 2 heterocycles. The number of amides is 2. The van der Waals surface area contributed by atoms with E-state index in [2.05, 4.69) is 28.4 Å². The maximum Gasteiger partial charge on any atom is 0.274 e. The number of likely N-dealkylation sites (tertiary alicyclic amines) is 1. The average Bonchev–Trinajstić information content (AvgIpc) is 2.68. The number of carbonyl (C=O) groups excluding carboxylic acids is 2. The van der Waals surface area contributed by atoms with Crippen molar-refractivity contribution in [3.63, 3.8) is 0 Å². The van der Waals surface area contributed by atoms with Gasteiger partial charge in [0.05, 0.1) is 11.6 Å². The van der Waals surface area contributed by atoms with Gasteiger partial charge < -0.3 is 15.3 Å². The van der Waals surface area contributed by atoms with Gasteiger partial charge >= 0.3 is 0 Å². The lowest BCUT2D eigenvalue weighted by Crippen LogP contribution is -2.51. The lowest BCUT2D eigenvalue weighted by Gasteiger charge is -2.33. The first-order valence-corrected chi connectivity index (χ1v) is 9.28. The van der Waals surface area contributed by atoms with Crippen molar-refractivity contribution < 1.29 is 14.7 Å². The largest absolute Gasteiger partial charge is 0.387 e. The summed E-state index contributed by atoms with van der Waals surface area (Å²) in [6.45, 7) is 10.3. The fraction of sp³-hybridized carbons (Fsp3) is 0.500. The third kappa shape index (κ3) is 5.01. The summed E-state index contributed by atoms with van der Waals surface area (Å²) in [5.41, 5.74) is -1.20. The monoisotopic (exact) mass is 372 g/mol. The molecule has 1 aromatic rings. The number of nitrogens with one attached hydrogen (secondary N) is 1. The van der Waals surface area contributed by atoms with Crippen molar-refractivity contribution in [2.24, 2.45) is 0 Å². The van der Waals surface area contributed by atoms with Crippen LogP contribution in [0, 0.1) is 0 Å². The van der Waals surface area contributed by atoms with Crippen LogP contribution in [0.3, 0.4) is 0 Å². The molecule has 1 atom stereocenters. The first-order chi connectivity index (χ1) is 12.9. The minimum Gasteiger partial charge on any atom is -0.387 e. The van der Waals surface area contributed by atoms with Crippen molar-refractivity contribution in [1.82, 2.24) is 20.2 Å². The molecule has 0 saturated carbocycles. The van der Waals surface area contributed by atoms with Gasteiger partial charge in [-0.25, -0.2) is 9.97 Å². The summed E-state index contributed by atoms with van der Waals surface area (Å²) < 4.78 is 0. The molecule has 2 amide bonds. The van der Waals surface area contributed by atoms with Crippen LogP contribution in [0.4, 0.5) is 0 Å². The SMILES string of the molecule is C=CCC(O)(CC=C)[C@H](C)NC(=O)c1nccnc1C(=O)N1CCCCC1. The minimum atomic E-state index is -1.21. The van der Waals surface area contributed by atoms with Gasteiger partial charge in [-0.05, 0) is 39.0 Å². The van der Waals surface area contributed by atoms with E-state index in [-0.39, 0.29) is 17.3 Å². The number of hydrogen-bond donors (Lipinski definition) is 2. The fourth-order valence-electron chi connectivity index (χ4n) is 3.24. The van der Waals surface area contributed by atoms with Crippen molar-refractivity contribution in [1.29, 1.82) is 0 Å². The molecular formula is C20H28N4O3. The smallest absolute Gasteiger partial charge is 0.274 e. The van der Waals surface area contributed by atoms with Crippen molar-refractivity contribution >= 4 is 11.8 Å². The van der Waals surface area contributed by atoms with Crippen LogP contribution in [0.25, 0.3) is 0 Å². The summed E-state index contributed by atoms with van der Waals surface area (Å²) in [5, 5.41) is 13.5. The van der Waals surface area contributed by atoms with Crippen molar-refractivity contribution in [3.8, 4) is 0 Å². The van der Waals surface area contributed by atoms with E-state index in [0.29, 0.717) is 25.9 Å². The van der Waals surface area contributed by atoms with Gasteiger partial charge in [-0.15, -0.1) is 13.2 Å². The third-order valence-electron chi connectivity index (χ3n) is 4.91. The van der Waals surface area contributed by atoms with Crippen LogP contribution in [0.5, 0.6) is 0 Å². The summed E-state index contributed by atoms with van der Waals surface area (Å²) in [4.78, 5) is 35.4. The van der Waals surface area contributed by atoms with Crippen molar-refractivity contribution in [3.05, 3.63) is 49.1 Å². The Morgan fingerprint density at radius 3 is 2.30 bits per heavy atom. The van der Waals surface area contributed by atoms with Crippen LogP contribution >= 0.6 is 0 Å². The van der Waals surface area contributed by atoms with E-state index in [9.17, 15) is 14.7 Å². The molecule has 1 aliphatic heterocycles. The zero-order chi connectivity index (χ0) is 19.9. The lowest BCUT2D eigenvalue weighted by atomic mass is 9.88. The Kier molecular flexibility index (Phi) is 7.24. The van der Waals surface area contributed by atoms with E-state index in [4.69, 9.17) is 0 Å². The Balaban J connectivity index is 2.20. The predicted octanol–water partition coefficient (Wildman–Crippen LogP) is 2.10. The van der Waals surface area contributed by atoms with Crippen LogP contribution in [0.2, 0.25) is 0 Å². The summed E-state index contributed by atoms with van der Waals surface area (Å²) in [6.07, 6.45) is 9.55. The van der Waals surface area contributed by atoms with E-state index in [1.54, 1.807) is 24.0 Å². The van der Waals surface area contributed by atoms with Gasteiger partial charge in [0, 0.05) is 25.5 Å². The summed E-state index contributed by atoms with van der Waals surface area (Å²) >= 11 is 0. The summed E-state index contributed by atoms with van der Waals surface area (Å²) in [5.74, 6) is -0.824. The molecule has 0 unspecified atom stereocenters. The molecule has 7 heteroatoms. The quantitative estimate of drug-likeness (QED) is 0.682. The molecule has 2 N–H and O–H groups in total.